The number of ether oxygens (including phenoxy) is 2. The summed E-state index contributed by atoms with van der Waals surface area (Å²) in [6.45, 7) is 5.62. The Kier molecular flexibility index (Phi) is 5.13. The molecule has 1 aliphatic heterocycles. The molecule has 0 radical (unpaired) electrons. The largest absolute Gasteiger partial charge is 0.345 e. The van der Waals surface area contributed by atoms with Gasteiger partial charge in [0, 0.05) is 18.8 Å². The van der Waals surface area contributed by atoms with Crippen molar-refractivity contribution >= 4 is 0 Å². The Hall–Kier alpha value is -1.65. The predicted octanol–water partition coefficient (Wildman–Crippen LogP) is 3.60. The van der Waals surface area contributed by atoms with Gasteiger partial charge in [-0.05, 0) is 30.9 Å². The summed E-state index contributed by atoms with van der Waals surface area (Å²) < 4.78 is 14.2. The second kappa shape index (κ2) is 7.28. The summed E-state index contributed by atoms with van der Waals surface area (Å²) in [4.78, 5) is 4.11. The highest BCUT2D eigenvalue weighted by Crippen LogP contribution is 2.30. The van der Waals surface area contributed by atoms with E-state index in [1.54, 1.807) is 6.20 Å². The molecule has 4 nitrogen and oxygen atoms in total. The van der Waals surface area contributed by atoms with E-state index in [2.05, 4.69) is 43.1 Å². The highest BCUT2D eigenvalue weighted by atomic mass is 16.7. The third-order valence-electron chi connectivity index (χ3n) is 4.34. The molecule has 0 N–H and O–H groups in total. The van der Waals surface area contributed by atoms with E-state index in [0.29, 0.717) is 13.2 Å². The molecule has 4 heteroatoms. The molecule has 1 saturated heterocycles. The number of imidazole rings is 1. The average molecular weight is 314 g/mol. The maximum absolute atomic E-state index is 6.14. The standard InChI is InChI=1S/C19H26N2O2/c1-3-4-17-5-7-18(8-6-17)9-10-19(22-13-16(2)23-19)14-21-12-11-20-15-21/h5-8,11-12,15-16H,3-4,9-10,13-14H2,1-2H3. The van der Waals surface area contributed by atoms with E-state index in [0.717, 1.165) is 19.3 Å². The predicted molar refractivity (Wildman–Crippen MR) is 90.2 cm³/mol. The Morgan fingerprint density at radius 3 is 2.52 bits per heavy atom. The molecule has 1 aromatic carbocycles. The molecule has 1 fully saturated rings. The minimum absolute atomic E-state index is 0.144. The van der Waals surface area contributed by atoms with Crippen LogP contribution in [-0.4, -0.2) is 28.0 Å². The van der Waals surface area contributed by atoms with Gasteiger partial charge in [0.15, 0.2) is 5.79 Å². The van der Waals surface area contributed by atoms with Gasteiger partial charge in [0.1, 0.15) is 0 Å². The number of hydrogen-bond acceptors (Lipinski definition) is 3. The molecule has 2 aromatic rings. The summed E-state index contributed by atoms with van der Waals surface area (Å²) in [6, 6.07) is 8.93. The van der Waals surface area contributed by atoms with E-state index in [4.69, 9.17) is 9.47 Å². The first-order valence-electron chi connectivity index (χ1n) is 8.54. The maximum Gasteiger partial charge on any atom is 0.187 e. The normalized spacial score (nSPS) is 24.2. The number of nitrogens with zero attached hydrogens (tertiary/aromatic N) is 2. The van der Waals surface area contributed by atoms with E-state index in [9.17, 15) is 0 Å². The zero-order valence-electron chi connectivity index (χ0n) is 14.1. The van der Waals surface area contributed by atoms with Crippen LogP contribution in [0.2, 0.25) is 0 Å². The van der Waals surface area contributed by atoms with Crippen LogP contribution in [0.25, 0.3) is 0 Å². The lowest BCUT2D eigenvalue weighted by Gasteiger charge is -2.28. The minimum Gasteiger partial charge on any atom is -0.345 e. The van der Waals surface area contributed by atoms with Gasteiger partial charge in [0.05, 0.1) is 25.6 Å². The van der Waals surface area contributed by atoms with Crippen molar-refractivity contribution in [3.63, 3.8) is 0 Å². The minimum atomic E-state index is -0.539. The third-order valence-corrected chi connectivity index (χ3v) is 4.34. The third kappa shape index (κ3) is 4.21. The quantitative estimate of drug-likeness (QED) is 0.783. The highest BCUT2D eigenvalue weighted by Gasteiger charge is 2.39. The molecule has 0 saturated carbocycles. The van der Waals surface area contributed by atoms with Crippen molar-refractivity contribution in [2.45, 2.75) is 58.0 Å². The molecule has 2 heterocycles. The van der Waals surface area contributed by atoms with Crippen LogP contribution in [0.1, 0.15) is 37.8 Å². The number of aromatic nitrogens is 2. The van der Waals surface area contributed by atoms with E-state index >= 15 is 0 Å². The summed E-state index contributed by atoms with van der Waals surface area (Å²) in [5, 5.41) is 0. The van der Waals surface area contributed by atoms with Crippen LogP contribution in [0.15, 0.2) is 43.0 Å². The van der Waals surface area contributed by atoms with Crippen LogP contribution in [0.4, 0.5) is 0 Å². The Morgan fingerprint density at radius 1 is 1.22 bits per heavy atom. The first-order valence-corrected chi connectivity index (χ1v) is 8.54. The molecule has 0 bridgehead atoms. The van der Waals surface area contributed by atoms with Crippen molar-refractivity contribution in [1.82, 2.24) is 9.55 Å². The van der Waals surface area contributed by atoms with Crippen LogP contribution >= 0.6 is 0 Å². The SMILES string of the molecule is CCCc1ccc(CCC2(Cn3ccnc3)OCC(C)O2)cc1. The molecular weight excluding hydrogens is 288 g/mol. The molecule has 1 aliphatic rings. The molecule has 0 spiro atoms. The van der Waals surface area contributed by atoms with E-state index in [-0.39, 0.29) is 6.10 Å². The summed E-state index contributed by atoms with van der Waals surface area (Å²) in [6.07, 6.45) is 9.84. The molecule has 3 rings (SSSR count). The first-order chi connectivity index (χ1) is 11.2. The van der Waals surface area contributed by atoms with Crippen LogP contribution in [0.5, 0.6) is 0 Å². The second-order valence-electron chi connectivity index (χ2n) is 6.45. The zero-order chi connectivity index (χ0) is 16.1. The lowest BCUT2D eigenvalue weighted by Crippen LogP contribution is -2.36. The van der Waals surface area contributed by atoms with Gasteiger partial charge in [-0.3, -0.25) is 0 Å². The van der Waals surface area contributed by atoms with E-state index in [1.165, 1.54) is 17.5 Å². The molecule has 2 atom stereocenters. The topological polar surface area (TPSA) is 36.3 Å². The Labute approximate surface area is 138 Å². The number of aryl methyl sites for hydroxylation is 2. The molecular formula is C19H26N2O2. The van der Waals surface area contributed by atoms with Crippen molar-refractivity contribution < 1.29 is 9.47 Å². The molecule has 124 valence electrons. The summed E-state index contributed by atoms with van der Waals surface area (Å²) in [7, 11) is 0. The van der Waals surface area contributed by atoms with Gasteiger partial charge in [0.2, 0.25) is 0 Å². The van der Waals surface area contributed by atoms with Crippen molar-refractivity contribution in [1.29, 1.82) is 0 Å². The van der Waals surface area contributed by atoms with Gasteiger partial charge in [-0.1, -0.05) is 37.6 Å². The maximum atomic E-state index is 6.14. The van der Waals surface area contributed by atoms with Gasteiger partial charge in [-0.15, -0.1) is 0 Å². The number of rotatable bonds is 7. The Morgan fingerprint density at radius 2 is 1.96 bits per heavy atom. The molecule has 1 aromatic heterocycles. The summed E-state index contributed by atoms with van der Waals surface area (Å²) in [5.41, 5.74) is 2.74. The van der Waals surface area contributed by atoms with Crippen molar-refractivity contribution in [3.8, 4) is 0 Å². The van der Waals surface area contributed by atoms with Gasteiger partial charge < -0.3 is 14.0 Å². The fourth-order valence-electron chi connectivity index (χ4n) is 3.15. The fraction of sp³-hybridized carbons (Fsp3) is 0.526. The highest BCUT2D eigenvalue weighted by molar-refractivity contribution is 5.22. The average Bonchev–Trinajstić information content (AvgIpc) is 3.18. The fourth-order valence-corrected chi connectivity index (χ4v) is 3.15. The lowest BCUT2D eigenvalue weighted by atomic mass is 10.0. The van der Waals surface area contributed by atoms with Crippen molar-refractivity contribution in [2.24, 2.45) is 0 Å². The second-order valence-corrected chi connectivity index (χ2v) is 6.45. The lowest BCUT2D eigenvalue weighted by molar-refractivity contribution is -0.180. The molecule has 0 amide bonds. The van der Waals surface area contributed by atoms with E-state index in [1.807, 2.05) is 17.1 Å². The zero-order valence-corrected chi connectivity index (χ0v) is 14.1. The molecule has 23 heavy (non-hydrogen) atoms. The van der Waals surface area contributed by atoms with Crippen LogP contribution < -0.4 is 0 Å². The molecule has 2 unspecified atom stereocenters. The summed E-state index contributed by atoms with van der Waals surface area (Å²) in [5.74, 6) is -0.539. The number of hydrogen-bond donors (Lipinski definition) is 0. The van der Waals surface area contributed by atoms with Gasteiger partial charge in [-0.25, -0.2) is 4.98 Å². The van der Waals surface area contributed by atoms with E-state index < -0.39 is 5.79 Å². The first kappa shape index (κ1) is 16.2. The summed E-state index contributed by atoms with van der Waals surface area (Å²) >= 11 is 0. The number of benzene rings is 1. The van der Waals surface area contributed by atoms with Gasteiger partial charge in [-0.2, -0.15) is 0 Å². The van der Waals surface area contributed by atoms with Crippen molar-refractivity contribution in [3.05, 3.63) is 54.1 Å². The monoisotopic (exact) mass is 314 g/mol. The van der Waals surface area contributed by atoms with Crippen LogP contribution in [0, 0.1) is 0 Å². The van der Waals surface area contributed by atoms with Gasteiger partial charge in [0.25, 0.3) is 0 Å². The van der Waals surface area contributed by atoms with Crippen LogP contribution in [-0.2, 0) is 28.9 Å². The Balaban J connectivity index is 1.64. The molecule has 0 aliphatic carbocycles. The smallest absolute Gasteiger partial charge is 0.187 e. The van der Waals surface area contributed by atoms with Crippen LogP contribution in [0.3, 0.4) is 0 Å². The van der Waals surface area contributed by atoms with Crippen molar-refractivity contribution in [2.75, 3.05) is 6.61 Å². The van der Waals surface area contributed by atoms with Gasteiger partial charge >= 0.3 is 0 Å². The Bertz CT molecular complexity index is 594.